The molecule has 0 spiro atoms. The average Bonchev–Trinajstić information content (AvgIpc) is 2.88. The molecular weight excluding hydrogens is 517 g/mol. The normalized spacial score (nSPS) is 15.4. The molecule has 1 N–H and O–H groups in total. The molecule has 2 aromatic carbocycles. The molecule has 0 bridgehead atoms. The number of rotatable bonds is 10. The quantitative estimate of drug-likeness (QED) is 0.256. The second kappa shape index (κ2) is 12.7. The molecule has 1 heterocycles. The Labute approximate surface area is 225 Å². The van der Waals surface area contributed by atoms with Gasteiger partial charge in [0.1, 0.15) is 17.4 Å². The van der Waals surface area contributed by atoms with Gasteiger partial charge in [-0.05, 0) is 43.7 Å². The van der Waals surface area contributed by atoms with Gasteiger partial charge >= 0.3 is 11.9 Å². The summed E-state index contributed by atoms with van der Waals surface area (Å²) in [5, 5.41) is 14.4. The highest BCUT2D eigenvalue weighted by Crippen LogP contribution is 2.44. The molecule has 202 valence electrons. The van der Waals surface area contributed by atoms with Crippen LogP contribution in [-0.2, 0) is 25.6 Å². The Balaban J connectivity index is 1.88. The van der Waals surface area contributed by atoms with Crippen molar-refractivity contribution >= 4 is 29.2 Å². The molecule has 3 rings (SSSR count). The summed E-state index contributed by atoms with van der Waals surface area (Å²) in [7, 11) is 1.21. The number of hydrogen-bond donors (Lipinski definition) is 1. The molecule has 0 saturated heterocycles. The minimum absolute atomic E-state index is 0.0380. The van der Waals surface area contributed by atoms with Crippen LogP contribution < -0.4 is 5.32 Å². The SMILES string of the molecule is CCN(CCOC(=O)C1=C(C)NC(C)=C(C(=O)OC)C1c1cccc([N+](=O)[O-])c1Cl)Cc1ccc(F)cc1. The van der Waals surface area contributed by atoms with Crippen LogP contribution in [0.25, 0.3) is 0 Å². The lowest BCUT2D eigenvalue weighted by atomic mass is 9.80. The van der Waals surface area contributed by atoms with Gasteiger partial charge in [-0.25, -0.2) is 14.0 Å². The zero-order chi connectivity index (χ0) is 28.0. The van der Waals surface area contributed by atoms with Crippen molar-refractivity contribution < 1.29 is 28.4 Å². The predicted molar refractivity (Wildman–Crippen MR) is 140 cm³/mol. The molecule has 0 saturated carbocycles. The summed E-state index contributed by atoms with van der Waals surface area (Å²) >= 11 is 6.43. The molecule has 1 atom stereocenters. The number of nitro groups is 1. The molecule has 2 aromatic rings. The van der Waals surface area contributed by atoms with Gasteiger partial charge in [0.2, 0.25) is 0 Å². The average molecular weight is 546 g/mol. The largest absolute Gasteiger partial charge is 0.466 e. The maximum absolute atomic E-state index is 13.4. The summed E-state index contributed by atoms with van der Waals surface area (Å²) in [6, 6.07) is 10.4. The zero-order valence-corrected chi connectivity index (χ0v) is 22.3. The minimum atomic E-state index is -1.05. The number of benzene rings is 2. The minimum Gasteiger partial charge on any atom is -0.466 e. The van der Waals surface area contributed by atoms with Crippen molar-refractivity contribution in [1.82, 2.24) is 10.2 Å². The number of halogens is 2. The number of methoxy groups -OCH3 is 1. The third-order valence-electron chi connectivity index (χ3n) is 6.31. The van der Waals surface area contributed by atoms with E-state index in [0.717, 1.165) is 5.56 Å². The number of allylic oxidation sites excluding steroid dienone is 2. The molecule has 11 heteroatoms. The summed E-state index contributed by atoms with van der Waals surface area (Å²) in [6.07, 6.45) is 0. The van der Waals surface area contributed by atoms with Crippen molar-refractivity contribution in [3.05, 3.63) is 97.1 Å². The molecular formula is C27H29ClFN3O6. The van der Waals surface area contributed by atoms with Crippen molar-refractivity contribution in [2.24, 2.45) is 0 Å². The second-order valence-corrected chi connectivity index (χ2v) is 9.07. The fraction of sp³-hybridized carbons (Fsp3) is 0.333. The van der Waals surface area contributed by atoms with Crippen molar-refractivity contribution in [2.45, 2.75) is 33.2 Å². The van der Waals surface area contributed by atoms with Crippen LogP contribution in [-0.4, -0.2) is 48.6 Å². The fourth-order valence-electron chi connectivity index (χ4n) is 4.40. The Morgan fingerprint density at radius 1 is 1.11 bits per heavy atom. The van der Waals surface area contributed by atoms with Gasteiger partial charge in [0.15, 0.2) is 0 Å². The lowest BCUT2D eigenvalue weighted by molar-refractivity contribution is -0.384. The smallest absolute Gasteiger partial charge is 0.336 e. The Morgan fingerprint density at radius 2 is 1.74 bits per heavy atom. The molecule has 0 amide bonds. The Morgan fingerprint density at radius 3 is 2.32 bits per heavy atom. The monoisotopic (exact) mass is 545 g/mol. The van der Waals surface area contributed by atoms with E-state index in [2.05, 4.69) is 5.32 Å². The van der Waals surface area contributed by atoms with Crippen molar-refractivity contribution in [3.8, 4) is 0 Å². The first-order valence-electron chi connectivity index (χ1n) is 11.9. The van der Waals surface area contributed by atoms with Crippen LogP contribution >= 0.6 is 11.6 Å². The predicted octanol–water partition coefficient (Wildman–Crippen LogP) is 4.86. The summed E-state index contributed by atoms with van der Waals surface area (Å²) in [5.74, 6) is -2.78. The molecule has 0 fully saturated rings. The maximum Gasteiger partial charge on any atom is 0.336 e. The van der Waals surface area contributed by atoms with Gasteiger partial charge in [-0.15, -0.1) is 0 Å². The van der Waals surface area contributed by atoms with Gasteiger partial charge in [0, 0.05) is 30.5 Å². The molecule has 0 radical (unpaired) electrons. The fourth-order valence-corrected chi connectivity index (χ4v) is 4.70. The highest BCUT2D eigenvalue weighted by molar-refractivity contribution is 6.33. The second-order valence-electron chi connectivity index (χ2n) is 8.70. The van der Waals surface area contributed by atoms with E-state index in [1.54, 1.807) is 26.0 Å². The van der Waals surface area contributed by atoms with Crippen LogP contribution in [0.2, 0.25) is 5.02 Å². The zero-order valence-electron chi connectivity index (χ0n) is 21.5. The Bertz CT molecular complexity index is 1290. The number of likely N-dealkylation sites (N-methyl/N-ethyl adjacent to an activating group) is 1. The number of esters is 2. The van der Waals surface area contributed by atoms with E-state index in [0.29, 0.717) is 31.0 Å². The third-order valence-corrected chi connectivity index (χ3v) is 6.72. The van der Waals surface area contributed by atoms with Crippen LogP contribution in [0.5, 0.6) is 0 Å². The summed E-state index contributed by atoms with van der Waals surface area (Å²) in [4.78, 5) is 39.2. The molecule has 9 nitrogen and oxygen atoms in total. The molecule has 38 heavy (non-hydrogen) atoms. The van der Waals surface area contributed by atoms with Gasteiger partial charge in [-0.1, -0.05) is 42.8 Å². The Hall–Kier alpha value is -3.76. The van der Waals surface area contributed by atoms with Gasteiger partial charge in [0.25, 0.3) is 5.69 Å². The first-order chi connectivity index (χ1) is 18.1. The molecule has 0 aromatic heterocycles. The van der Waals surface area contributed by atoms with Crippen molar-refractivity contribution in [1.29, 1.82) is 0 Å². The third kappa shape index (κ3) is 6.38. The van der Waals surface area contributed by atoms with Crippen LogP contribution in [0.1, 0.15) is 37.8 Å². The van der Waals surface area contributed by atoms with Crippen molar-refractivity contribution in [3.63, 3.8) is 0 Å². The lowest BCUT2D eigenvalue weighted by Crippen LogP contribution is -2.33. The van der Waals surface area contributed by atoms with Gasteiger partial charge in [-0.2, -0.15) is 0 Å². The number of hydrogen-bond acceptors (Lipinski definition) is 8. The Kier molecular flexibility index (Phi) is 9.60. The molecule has 1 aliphatic heterocycles. The van der Waals surface area contributed by atoms with E-state index in [1.165, 1.54) is 37.4 Å². The topological polar surface area (TPSA) is 111 Å². The lowest BCUT2D eigenvalue weighted by Gasteiger charge is -2.30. The summed E-state index contributed by atoms with van der Waals surface area (Å²) in [5.41, 5.74) is 1.81. The van der Waals surface area contributed by atoms with Crippen LogP contribution in [0.3, 0.4) is 0 Å². The highest BCUT2D eigenvalue weighted by Gasteiger charge is 2.40. The number of carbonyl (C=O) groups is 2. The first kappa shape index (κ1) is 28.8. The number of nitrogens with zero attached hydrogens (tertiary/aromatic N) is 2. The molecule has 1 unspecified atom stereocenters. The number of dihydropyridines is 1. The highest BCUT2D eigenvalue weighted by atomic mass is 35.5. The number of carbonyl (C=O) groups excluding carboxylic acids is 2. The van der Waals surface area contributed by atoms with Gasteiger partial charge in [0.05, 0.1) is 29.1 Å². The standard InChI is InChI=1S/C27H29ClFN3O6/c1-5-31(15-18-9-11-19(29)12-10-18)13-14-38-27(34)23-17(3)30-16(2)22(26(33)37-4)24(23)20-7-6-8-21(25(20)28)32(35)36/h6-12,24,30H,5,13-15H2,1-4H3. The summed E-state index contributed by atoms with van der Waals surface area (Å²) in [6.45, 7) is 6.90. The molecule has 0 aliphatic carbocycles. The van der Waals surface area contributed by atoms with Gasteiger partial charge < -0.3 is 14.8 Å². The van der Waals surface area contributed by atoms with E-state index < -0.39 is 22.8 Å². The van der Waals surface area contributed by atoms with Crippen LogP contribution in [0.4, 0.5) is 10.1 Å². The summed E-state index contributed by atoms with van der Waals surface area (Å²) < 4.78 is 23.8. The van der Waals surface area contributed by atoms with E-state index in [4.69, 9.17) is 21.1 Å². The van der Waals surface area contributed by atoms with E-state index in [-0.39, 0.29) is 39.8 Å². The van der Waals surface area contributed by atoms with Crippen LogP contribution in [0.15, 0.2) is 65.0 Å². The van der Waals surface area contributed by atoms with E-state index >= 15 is 0 Å². The van der Waals surface area contributed by atoms with Gasteiger partial charge in [-0.3, -0.25) is 15.0 Å². The first-order valence-corrected chi connectivity index (χ1v) is 12.3. The molecule has 1 aliphatic rings. The number of ether oxygens (including phenoxy) is 2. The maximum atomic E-state index is 13.4. The number of nitrogens with one attached hydrogen (secondary N) is 1. The van der Waals surface area contributed by atoms with Crippen LogP contribution in [0, 0.1) is 15.9 Å². The van der Waals surface area contributed by atoms with E-state index in [9.17, 15) is 24.1 Å². The number of nitro benzene ring substituents is 1. The van der Waals surface area contributed by atoms with Crippen molar-refractivity contribution in [2.75, 3.05) is 26.8 Å². The van der Waals surface area contributed by atoms with E-state index in [1.807, 2.05) is 11.8 Å².